The normalized spacial score (nSPS) is 10.6. The van der Waals surface area contributed by atoms with Crippen LogP contribution >= 0.6 is 27.3 Å². The van der Waals surface area contributed by atoms with Gasteiger partial charge in [-0.1, -0.05) is 12.1 Å². The van der Waals surface area contributed by atoms with E-state index in [4.69, 9.17) is 0 Å². The molecule has 0 aliphatic rings. The molecule has 0 saturated carbocycles. The van der Waals surface area contributed by atoms with Crippen molar-refractivity contribution in [1.82, 2.24) is 9.97 Å². The maximum absolute atomic E-state index is 13.2. The zero-order valence-corrected chi connectivity index (χ0v) is 12.1. The second-order valence-electron chi connectivity index (χ2n) is 3.94. The highest BCUT2D eigenvalue weighted by Crippen LogP contribution is 2.29. The number of nitrogens with zero attached hydrogens (tertiary/aromatic N) is 2. The molecule has 1 aromatic carbocycles. The monoisotopic (exact) mass is 334 g/mol. The molecule has 2 nitrogen and oxygen atoms in total. The Kier molecular flexibility index (Phi) is 3.40. The molecular formula is C14H8BrFN2S. The number of benzene rings is 1. The lowest BCUT2D eigenvalue weighted by Gasteiger charge is -1.97. The Bertz CT molecular complexity index is 667. The van der Waals surface area contributed by atoms with Gasteiger partial charge in [-0.15, -0.1) is 11.3 Å². The number of hydrogen-bond donors (Lipinski definition) is 0. The zero-order chi connectivity index (χ0) is 13.2. The van der Waals surface area contributed by atoms with Crippen molar-refractivity contribution in [2.24, 2.45) is 0 Å². The molecule has 0 amide bonds. The highest BCUT2D eigenvalue weighted by Gasteiger charge is 2.07. The van der Waals surface area contributed by atoms with Crippen LogP contribution in [-0.2, 0) is 0 Å². The molecule has 0 radical (unpaired) electrons. The molecule has 0 aliphatic heterocycles. The summed E-state index contributed by atoms with van der Waals surface area (Å²) in [4.78, 5) is 8.64. The van der Waals surface area contributed by atoms with Gasteiger partial charge in [0, 0.05) is 33.4 Å². The van der Waals surface area contributed by atoms with Gasteiger partial charge in [-0.3, -0.25) is 4.98 Å². The first-order valence-electron chi connectivity index (χ1n) is 5.55. The highest BCUT2D eigenvalue weighted by molar-refractivity contribution is 9.10. The number of aromatic nitrogens is 2. The van der Waals surface area contributed by atoms with Gasteiger partial charge in [0.05, 0.1) is 5.69 Å². The fraction of sp³-hybridized carbons (Fsp3) is 0. The first-order valence-corrected chi connectivity index (χ1v) is 7.22. The van der Waals surface area contributed by atoms with Gasteiger partial charge in [0.1, 0.15) is 10.8 Å². The van der Waals surface area contributed by atoms with Gasteiger partial charge in [0.25, 0.3) is 0 Å². The molecule has 3 aromatic rings. The van der Waals surface area contributed by atoms with Crippen LogP contribution in [-0.4, -0.2) is 9.97 Å². The third kappa shape index (κ3) is 2.72. The maximum atomic E-state index is 13.2. The molecule has 0 fully saturated rings. The highest BCUT2D eigenvalue weighted by atomic mass is 79.9. The summed E-state index contributed by atoms with van der Waals surface area (Å²) in [5.74, 6) is -0.254. The van der Waals surface area contributed by atoms with Gasteiger partial charge in [-0.05, 0) is 34.1 Å². The van der Waals surface area contributed by atoms with Crippen LogP contribution in [0.1, 0.15) is 0 Å². The number of hydrogen-bond acceptors (Lipinski definition) is 3. The molecule has 0 spiro atoms. The van der Waals surface area contributed by atoms with E-state index in [9.17, 15) is 4.39 Å². The molecule has 3 rings (SSSR count). The van der Waals surface area contributed by atoms with Crippen molar-refractivity contribution in [3.63, 3.8) is 0 Å². The summed E-state index contributed by atoms with van der Waals surface area (Å²) >= 11 is 4.90. The van der Waals surface area contributed by atoms with Crippen LogP contribution in [0.3, 0.4) is 0 Å². The Morgan fingerprint density at radius 1 is 1.11 bits per heavy atom. The summed E-state index contributed by atoms with van der Waals surface area (Å²) in [7, 11) is 0. The van der Waals surface area contributed by atoms with Crippen molar-refractivity contribution in [2.45, 2.75) is 0 Å². The molecule has 0 N–H and O–H groups in total. The van der Waals surface area contributed by atoms with E-state index in [1.165, 1.54) is 23.5 Å². The van der Waals surface area contributed by atoms with Crippen molar-refractivity contribution < 1.29 is 4.39 Å². The van der Waals surface area contributed by atoms with E-state index in [-0.39, 0.29) is 5.82 Å². The van der Waals surface area contributed by atoms with Crippen LogP contribution in [0.4, 0.5) is 4.39 Å². The van der Waals surface area contributed by atoms with Crippen LogP contribution in [0, 0.1) is 5.82 Å². The van der Waals surface area contributed by atoms with E-state index in [2.05, 4.69) is 25.9 Å². The Labute approximate surface area is 122 Å². The minimum atomic E-state index is -0.254. The molecule has 94 valence electrons. The lowest BCUT2D eigenvalue weighted by molar-refractivity contribution is 0.628. The summed E-state index contributed by atoms with van der Waals surface area (Å²) in [6.07, 6.45) is 3.49. The summed E-state index contributed by atoms with van der Waals surface area (Å²) in [5.41, 5.74) is 2.51. The van der Waals surface area contributed by atoms with E-state index < -0.39 is 0 Å². The van der Waals surface area contributed by atoms with Gasteiger partial charge in [-0.25, -0.2) is 9.37 Å². The number of thiazole rings is 1. The quantitative estimate of drug-likeness (QED) is 0.674. The maximum Gasteiger partial charge on any atom is 0.125 e. The molecule has 0 unspecified atom stereocenters. The topological polar surface area (TPSA) is 25.8 Å². The summed E-state index contributed by atoms with van der Waals surface area (Å²) in [5, 5.41) is 2.79. The number of pyridine rings is 1. The number of halogens is 2. The average Bonchev–Trinajstić information content (AvgIpc) is 2.88. The summed E-state index contributed by atoms with van der Waals surface area (Å²) < 4.78 is 14.1. The van der Waals surface area contributed by atoms with Crippen molar-refractivity contribution in [3.8, 4) is 21.8 Å². The van der Waals surface area contributed by atoms with Crippen LogP contribution < -0.4 is 0 Å². The molecule has 0 saturated heterocycles. The SMILES string of the molecule is Fc1cccc(-c2csc(-c3cncc(Br)c3)n2)c1. The first-order chi connectivity index (χ1) is 9.22. The molecule has 19 heavy (non-hydrogen) atoms. The predicted octanol–water partition coefficient (Wildman–Crippen LogP) is 4.77. The van der Waals surface area contributed by atoms with Gasteiger partial charge >= 0.3 is 0 Å². The lowest BCUT2D eigenvalue weighted by atomic mass is 10.2. The van der Waals surface area contributed by atoms with Gasteiger partial charge in [-0.2, -0.15) is 0 Å². The van der Waals surface area contributed by atoms with Crippen molar-refractivity contribution in [1.29, 1.82) is 0 Å². The molecule has 5 heteroatoms. The van der Waals surface area contributed by atoms with Gasteiger partial charge in [0.15, 0.2) is 0 Å². The van der Waals surface area contributed by atoms with Gasteiger partial charge in [0.2, 0.25) is 0 Å². The van der Waals surface area contributed by atoms with Crippen LogP contribution in [0.5, 0.6) is 0 Å². The molecule has 0 aliphatic carbocycles. The molecular weight excluding hydrogens is 327 g/mol. The number of rotatable bonds is 2. The third-order valence-corrected chi connectivity index (χ3v) is 3.90. The zero-order valence-electron chi connectivity index (χ0n) is 9.68. The van der Waals surface area contributed by atoms with Crippen LogP contribution in [0.25, 0.3) is 21.8 Å². The Balaban J connectivity index is 2.00. The van der Waals surface area contributed by atoms with Crippen LogP contribution in [0.15, 0.2) is 52.6 Å². The van der Waals surface area contributed by atoms with E-state index in [1.807, 2.05) is 17.5 Å². The second-order valence-corrected chi connectivity index (χ2v) is 5.71. The molecule has 0 bridgehead atoms. The summed E-state index contributed by atoms with van der Waals surface area (Å²) in [6.45, 7) is 0. The fourth-order valence-electron chi connectivity index (χ4n) is 1.72. The smallest absolute Gasteiger partial charge is 0.125 e. The minimum Gasteiger partial charge on any atom is -0.263 e. The van der Waals surface area contributed by atoms with Gasteiger partial charge < -0.3 is 0 Å². The standard InChI is InChI=1S/C14H8BrFN2S/c15-11-4-10(6-17-7-11)14-18-13(8-19-14)9-2-1-3-12(16)5-9/h1-8H. The fourth-order valence-corrected chi connectivity index (χ4v) is 2.89. The largest absolute Gasteiger partial charge is 0.263 e. The lowest BCUT2D eigenvalue weighted by Crippen LogP contribution is -1.82. The Morgan fingerprint density at radius 2 is 2.00 bits per heavy atom. The Morgan fingerprint density at radius 3 is 2.79 bits per heavy atom. The van der Waals surface area contributed by atoms with Crippen molar-refractivity contribution >= 4 is 27.3 Å². The van der Waals surface area contributed by atoms with Crippen molar-refractivity contribution in [3.05, 3.63) is 58.4 Å². The van der Waals surface area contributed by atoms with Crippen molar-refractivity contribution in [2.75, 3.05) is 0 Å². The summed E-state index contributed by atoms with van der Waals surface area (Å²) in [6, 6.07) is 8.40. The molecule has 2 heterocycles. The first kappa shape index (κ1) is 12.4. The molecule has 2 aromatic heterocycles. The predicted molar refractivity (Wildman–Crippen MR) is 78.4 cm³/mol. The minimum absolute atomic E-state index is 0.254. The van der Waals surface area contributed by atoms with E-state index in [0.29, 0.717) is 0 Å². The Hall–Kier alpha value is -1.59. The van der Waals surface area contributed by atoms with E-state index >= 15 is 0 Å². The van der Waals surface area contributed by atoms with E-state index in [0.717, 1.165) is 26.3 Å². The third-order valence-electron chi connectivity index (χ3n) is 2.58. The van der Waals surface area contributed by atoms with Crippen LogP contribution in [0.2, 0.25) is 0 Å². The van der Waals surface area contributed by atoms with E-state index in [1.54, 1.807) is 18.5 Å². The molecule has 0 atom stereocenters. The second kappa shape index (κ2) is 5.19. The average molecular weight is 335 g/mol.